The zero-order valence-corrected chi connectivity index (χ0v) is 8.40. The van der Waals surface area contributed by atoms with Crippen molar-refractivity contribution in [2.24, 2.45) is 0 Å². The Hall–Kier alpha value is -0.860. The van der Waals surface area contributed by atoms with Crippen molar-refractivity contribution in [2.45, 2.75) is 37.9 Å². The standard InChI is InChI=1S/C12H16O2/c1-2-12(14)8-7-9-5-3-4-6-10(9)11(12)13/h3-6,11,13-14H,2,7-8H2,1H3/t11-,12+/m0/s1. The van der Waals surface area contributed by atoms with Gasteiger partial charge in [-0.15, -0.1) is 0 Å². The Labute approximate surface area is 84.2 Å². The number of hydrogen-bond acceptors (Lipinski definition) is 2. The van der Waals surface area contributed by atoms with Crippen LogP contribution in [-0.2, 0) is 6.42 Å². The van der Waals surface area contributed by atoms with E-state index < -0.39 is 11.7 Å². The van der Waals surface area contributed by atoms with Crippen LogP contribution in [0.5, 0.6) is 0 Å². The van der Waals surface area contributed by atoms with Crippen LogP contribution in [0.25, 0.3) is 0 Å². The van der Waals surface area contributed by atoms with Gasteiger partial charge < -0.3 is 10.2 Å². The molecule has 1 aliphatic rings. The number of aryl methyl sites for hydroxylation is 1. The van der Waals surface area contributed by atoms with E-state index in [1.807, 2.05) is 31.2 Å². The maximum absolute atomic E-state index is 10.1. The monoisotopic (exact) mass is 192 g/mol. The molecule has 2 nitrogen and oxygen atoms in total. The highest BCUT2D eigenvalue weighted by atomic mass is 16.3. The zero-order chi connectivity index (χ0) is 10.2. The van der Waals surface area contributed by atoms with Crippen molar-refractivity contribution in [3.05, 3.63) is 35.4 Å². The van der Waals surface area contributed by atoms with E-state index in [-0.39, 0.29) is 0 Å². The van der Waals surface area contributed by atoms with E-state index in [1.165, 1.54) is 0 Å². The number of aliphatic hydroxyl groups is 2. The minimum atomic E-state index is -0.922. The number of benzene rings is 1. The van der Waals surface area contributed by atoms with Crippen LogP contribution >= 0.6 is 0 Å². The van der Waals surface area contributed by atoms with Gasteiger partial charge in [0.15, 0.2) is 0 Å². The van der Waals surface area contributed by atoms with Crippen LogP contribution in [0, 0.1) is 0 Å². The first-order valence-corrected chi connectivity index (χ1v) is 5.15. The van der Waals surface area contributed by atoms with Crippen molar-refractivity contribution >= 4 is 0 Å². The van der Waals surface area contributed by atoms with E-state index >= 15 is 0 Å². The molecule has 2 atom stereocenters. The predicted molar refractivity (Wildman–Crippen MR) is 55.0 cm³/mol. The van der Waals surface area contributed by atoms with Crippen molar-refractivity contribution in [3.63, 3.8) is 0 Å². The van der Waals surface area contributed by atoms with Crippen LogP contribution in [-0.4, -0.2) is 15.8 Å². The Morgan fingerprint density at radius 1 is 1.43 bits per heavy atom. The molecule has 0 saturated heterocycles. The quantitative estimate of drug-likeness (QED) is 0.712. The van der Waals surface area contributed by atoms with Gasteiger partial charge in [-0.2, -0.15) is 0 Å². The van der Waals surface area contributed by atoms with Crippen LogP contribution < -0.4 is 0 Å². The molecule has 2 rings (SSSR count). The maximum atomic E-state index is 10.1. The molecule has 1 aromatic carbocycles. The summed E-state index contributed by atoms with van der Waals surface area (Å²) in [7, 11) is 0. The average molecular weight is 192 g/mol. The van der Waals surface area contributed by atoms with Crippen LogP contribution in [0.3, 0.4) is 0 Å². The fourth-order valence-corrected chi connectivity index (χ4v) is 2.18. The molecular weight excluding hydrogens is 176 g/mol. The van der Waals surface area contributed by atoms with Crippen molar-refractivity contribution in [3.8, 4) is 0 Å². The molecule has 0 heterocycles. The summed E-state index contributed by atoms with van der Waals surface area (Å²) in [5, 5.41) is 20.2. The molecule has 0 bridgehead atoms. The Kier molecular flexibility index (Phi) is 2.33. The first kappa shape index (κ1) is 9.69. The van der Waals surface area contributed by atoms with E-state index in [1.54, 1.807) is 0 Å². The lowest BCUT2D eigenvalue weighted by Gasteiger charge is -2.37. The topological polar surface area (TPSA) is 40.5 Å². The lowest BCUT2D eigenvalue weighted by atomic mass is 9.77. The van der Waals surface area contributed by atoms with Gasteiger partial charge in [-0.1, -0.05) is 31.2 Å². The van der Waals surface area contributed by atoms with Crippen LogP contribution in [0.1, 0.15) is 37.0 Å². The second-order valence-electron chi connectivity index (χ2n) is 4.06. The zero-order valence-electron chi connectivity index (χ0n) is 8.40. The first-order chi connectivity index (χ1) is 6.67. The Bertz CT molecular complexity index is 335. The second-order valence-corrected chi connectivity index (χ2v) is 4.06. The summed E-state index contributed by atoms with van der Waals surface area (Å²) in [6.07, 6.45) is 1.39. The number of hydrogen-bond donors (Lipinski definition) is 2. The Balaban J connectivity index is 2.41. The highest BCUT2D eigenvalue weighted by Crippen LogP contribution is 2.39. The molecule has 0 amide bonds. The molecule has 0 unspecified atom stereocenters. The molecule has 0 fully saturated rings. The largest absolute Gasteiger partial charge is 0.387 e. The van der Waals surface area contributed by atoms with Crippen LogP contribution in [0.4, 0.5) is 0 Å². The van der Waals surface area contributed by atoms with E-state index in [0.717, 1.165) is 17.5 Å². The lowest BCUT2D eigenvalue weighted by molar-refractivity contribution is -0.0911. The number of rotatable bonds is 1. The molecule has 0 saturated carbocycles. The van der Waals surface area contributed by atoms with Gasteiger partial charge in [-0.05, 0) is 30.4 Å². The fourth-order valence-electron chi connectivity index (χ4n) is 2.18. The summed E-state index contributed by atoms with van der Waals surface area (Å²) in [4.78, 5) is 0. The summed E-state index contributed by atoms with van der Waals surface area (Å²) in [6, 6.07) is 7.80. The highest BCUT2D eigenvalue weighted by molar-refractivity contribution is 5.33. The predicted octanol–water partition coefficient (Wildman–Crippen LogP) is 1.81. The first-order valence-electron chi connectivity index (χ1n) is 5.15. The van der Waals surface area contributed by atoms with E-state index in [9.17, 15) is 10.2 Å². The molecular formula is C12H16O2. The molecule has 76 valence electrons. The minimum absolute atomic E-state index is 0.600. The van der Waals surface area contributed by atoms with Gasteiger partial charge in [0.05, 0.1) is 5.60 Å². The fraction of sp³-hybridized carbons (Fsp3) is 0.500. The molecule has 1 aromatic rings. The summed E-state index contributed by atoms with van der Waals surface area (Å²) in [5.41, 5.74) is 1.13. The number of fused-ring (bicyclic) bond motifs is 1. The van der Waals surface area contributed by atoms with Crippen molar-refractivity contribution in [1.82, 2.24) is 0 Å². The van der Waals surface area contributed by atoms with Crippen LogP contribution in [0.15, 0.2) is 24.3 Å². The molecule has 0 aliphatic heterocycles. The third-order valence-corrected chi connectivity index (χ3v) is 3.30. The smallest absolute Gasteiger partial charge is 0.108 e. The molecule has 2 N–H and O–H groups in total. The van der Waals surface area contributed by atoms with Gasteiger partial charge in [-0.25, -0.2) is 0 Å². The van der Waals surface area contributed by atoms with Gasteiger partial charge in [0.2, 0.25) is 0 Å². The normalized spacial score (nSPS) is 31.2. The van der Waals surface area contributed by atoms with Gasteiger partial charge in [-0.3, -0.25) is 0 Å². The number of aliphatic hydroxyl groups excluding tert-OH is 1. The third kappa shape index (κ3) is 1.35. The maximum Gasteiger partial charge on any atom is 0.108 e. The summed E-state index contributed by atoms with van der Waals surface area (Å²) in [5.74, 6) is 0. The highest BCUT2D eigenvalue weighted by Gasteiger charge is 2.38. The second kappa shape index (κ2) is 3.37. The molecule has 2 heteroatoms. The SMILES string of the molecule is CC[C@@]1(O)CCc2ccccc2[C@@H]1O. The summed E-state index contributed by atoms with van der Waals surface area (Å²) >= 11 is 0. The van der Waals surface area contributed by atoms with Crippen molar-refractivity contribution in [1.29, 1.82) is 0 Å². The van der Waals surface area contributed by atoms with E-state index in [2.05, 4.69) is 0 Å². The summed E-state index contributed by atoms with van der Waals surface area (Å²) in [6.45, 7) is 1.91. The van der Waals surface area contributed by atoms with Gasteiger partial charge >= 0.3 is 0 Å². The van der Waals surface area contributed by atoms with Gasteiger partial charge in [0.25, 0.3) is 0 Å². The lowest BCUT2D eigenvalue weighted by Crippen LogP contribution is -2.39. The van der Waals surface area contributed by atoms with Crippen molar-refractivity contribution < 1.29 is 10.2 Å². The van der Waals surface area contributed by atoms with E-state index in [0.29, 0.717) is 12.8 Å². The van der Waals surface area contributed by atoms with Crippen molar-refractivity contribution in [2.75, 3.05) is 0 Å². The third-order valence-electron chi connectivity index (χ3n) is 3.30. The van der Waals surface area contributed by atoms with Gasteiger partial charge in [0.1, 0.15) is 6.10 Å². The molecule has 14 heavy (non-hydrogen) atoms. The average Bonchev–Trinajstić information content (AvgIpc) is 2.24. The molecule has 1 aliphatic carbocycles. The molecule has 0 radical (unpaired) electrons. The Morgan fingerprint density at radius 2 is 2.14 bits per heavy atom. The molecule has 0 aromatic heterocycles. The minimum Gasteiger partial charge on any atom is -0.387 e. The Morgan fingerprint density at radius 3 is 2.86 bits per heavy atom. The summed E-state index contributed by atoms with van der Waals surface area (Å²) < 4.78 is 0. The molecule has 0 spiro atoms. The van der Waals surface area contributed by atoms with Gasteiger partial charge in [0, 0.05) is 0 Å². The van der Waals surface area contributed by atoms with Crippen LogP contribution in [0.2, 0.25) is 0 Å². The van der Waals surface area contributed by atoms with E-state index in [4.69, 9.17) is 0 Å².